The van der Waals surface area contributed by atoms with E-state index in [0.717, 1.165) is 10.8 Å². The zero-order valence-corrected chi connectivity index (χ0v) is 10.3. The Kier molecular flexibility index (Phi) is 3.19. The maximum absolute atomic E-state index is 5.91. The van der Waals surface area contributed by atoms with Gasteiger partial charge in [-0.05, 0) is 25.0 Å². The molecule has 1 aromatic heterocycles. The first-order valence-corrected chi connectivity index (χ1v) is 6.63. The summed E-state index contributed by atoms with van der Waals surface area (Å²) >= 11 is 1.66. The topological polar surface area (TPSA) is 22.1 Å². The van der Waals surface area contributed by atoms with Crippen molar-refractivity contribution in [2.75, 3.05) is 6.26 Å². The van der Waals surface area contributed by atoms with Crippen molar-refractivity contribution in [1.29, 1.82) is 0 Å². The number of ether oxygens (including phenoxy) is 1. The Hall–Kier alpha value is -0.700. The lowest BCUT2D eigenvalue weighted by Crippen LogP contribution is -2.02. The van der Waals surface area contributed by atoms with Crippen LogP contribution in [0.15, 0.2) is 17.3 Å². The number of nitrogens with zero attached hydrogens (tertiary/aromatic N) is 1. The van der Waals surface area contributed by atoms with Crippen molar-refractivity contribution in [3.8, 4) is 5.75 Å². The number of rotatable bonds is 4. The fraction of sp³-hybridized carbons (Fsp3) is 0.583. The summed E-state index contributed by atoms with van der Waals surface area (Å²) in [4.78, 5) is 4.39. The van der Waals surface area contributed by atoms with E-state index < -0.39 is 0 Å². The Labute approximate surface area is 95.4 Å². The number of aromatic nitrogens is 1. The molecule has 1 aliphatic rings. The summed E-state index contributed by atoms with van der Waals surface area (Å²) in [5.41, 5.74) is 1.22. The Morgan fingerprint density at radius 2 is 2.20 bits per heavy atom. The maximum Gasteiger partial charge on any atom is 0.127 e. The highest BCUT2D eigenvalue weighted by molar-refractivity contribution is 7.98. The highest BCUT2D eigenvalue weighted by Gasteiger charge is 2.25. The number of hydrogen-bond acceptors (Lipinski definition) is 3. The fourth-order valence-corrected chi connectivity index (χ4v) is 1.83. The summed E-state index contributed by atoms with van der Waals surface area (Å²) in [6.45, 7) is 4.35. The smallest absolute Gasteiger partial charge is 0.127 e. The summed E-state index contributed by atoms with van der Waals surface area (Å²) in [7, 11) is 0. The predicted octanol–water partition coefficient (Wildman–Crippen LogP) is 3.47. The molecule has 15 heavy (non-hydrogen) atoms. The minimum atomic E-state index is 0.458. The summed E-state index contributed by atoms with van der Waals surface area (Å²) < 4.78 is 5.91. The summed E-state index contributed by atoms with van der Waals surface area (Å²) in [5, 5.41) is 1.04. The van der Waals surface area contributed by atoms with E-state index in [-0.39, 0.29) is 0 Å². The van der Waals surface area contributed by atoms with Gasteiger partial charge < -0.3 is 4.74 Å². The van der Waals surface area contributed by atoms with Crippen LogP contribution < -0.4 is 4.74 Å². The van der Waals surface area contributed by atoms with Crippen LogP contribution in [0.5, 0.6) is 5.75 Å². The monoisotopic (exact) mass is 223 g/mol. The molecule has 1 aromatic rings. The Bertz CT molecular complexity index is 347. The molecule has 0 atom stereocenters. The van der Waals surface area contributed by atoms with Crippen molar-refractivity contribution in [3.05, 3.63) is 17.8 Å². The third-order valence-corrected chi connectivity index (χ3v) is 3.16. The van der Waals surface area contributed by atoms with Crippen LogP contribution in [0.3, 0.4) is 0 Å². The Balaban J connectivity index is 2.26. The lowest BCUT2D eigenvalue weighted by atomic mass is 10.1. The van der Waals surface area contributed by atoms with E-state index in [1.165, 1.54) is 18.4 Å². The Morgan fingerprint density at radius 3 is 2.73 bits per heavy atom. The van der Waals surface area contributed by atoms with Crippen molar-refractivity contribution >= 4 is 11.8 Å². The minimum Gasteiger partial charge on any atom is -0.490 e. The molecule has 1 heterocycles. The molecule has 2 rings (SSSR count). The molecule has 0 N–H and O–H groups in total. The van der Waals surface area contributed by atoms with E-state index in [0.29, 0.717) is 12.0 Å². The van der Waals surface area contributed by atoms with Crippen molar-refractivity contribution in [1.82, 2.24) is 4.98 Å². The second-order valence-electron chi connectivity index (χ2n) is 4.24. The van der Waals surface area contributed by atoms with Crippen molar-refractivity contribution in [3.63, 3.8) is 0 Å². The zero-order valence-electron chi connectivity index (χ0n) is 9.49. The van der Waals surface area contributed by atoms with Crippen LogP contribution in [0.25, 0.3) is 0 Å². The van der Waals surface area contributed by atoms with E-state index in [1.807, 2.05) is 12.5 Å². The van der Waals surface area contributed by atoms with Gasteiger partial charge in [-0.25, -0.2) is 4.98 Å². The van der Waals surface area contributed by atoms with Gasteiger partial charge in [0, 0.05) is 17.8 Å². The van der Waals surface area contributed by atoms with Crippen LogP contribution >= 0.6 is 11.8 Å². The first kappa shape index (κ1) is 10.8. The van der Waals surface area contributed by atoms with Crippen LogP contribution in [0, 0.1) is 0 Å². The van der Waals surface area contributed by atoms with Gasteiger partial charge >= 0.3 is 0 Å². The second kappa shape index (κ2) is 4.44. The predicted molar refractivity (Wildman–Crippen MR) is 63.8 cm³/mol. The molecule has 82 valence electrons. The van der Waals surface area contributed by atoms with E-state index in [9.17, 15) is 0 Å². The highest BCUT2D eigenvalue weighted by Crippen LogP contribution is 2.33. The summed E-state index contributed by atoms with van der Waals surface area (Å²) in [5.74, 6) is 1.51. The summed E-state index contributed by atoms with van der Waals surface area (Å²) in [6, 6.07) is 2.07. The minimum absolute atomic E-state index is 0.458. The van der Waals surface area contributed by atoms with Crippen LogP contribution in [-0.4, -0.2) is 17.3 Å². The van der Waals surface area contributed by atoms with Gasteiger partial charge in [0.1, 0.15) is 5.75 Å². The maximum atomic E-state index is 5.91. The molecule has 2 nitrogen and oxygen atoms in total. The molecule has 0 radical (unpaired) electrons. The first-order valence-electron chi connectivity index (χ1n) is 5.41. The van der Waals surface area contributed by atoms with E-state index in [1.54, 1.807) is 11.8 Å². The van der Waals surface area contributed by atoms with Gasteiger partial charge in [0.25, 0.3) is 0 Å². The highest BCUT2D eigenvalue weighted by atomic mass is 32.2. The zero-order chi connectivity index (χ0) is 10.8. The average Bonchev–Trinajstić information content (AvgIpc) is 3.01. The van der Waals surface area contributed by atoms with Crippen molar-refractivity contribution in [2.45, 2.75) is 43.7 Å². The van der Waals surface area contributed by atoms with E-state index in [4.69, 9.17) is 4.74 Å². The lowest BCUT2D eigenvalue weighted by Gasteiger charge is -2.13. The molecule has 0 amide bonds. The molecule has 1 fully saturated rings. The first-order chi connectivity index (χ1) is 7.20. The fourth-order valence-electron chi connectivity index (χ4n) is 1.44. The SMILES string of the molecule is CSc1cc(OC2CC2)c(C(C)C)cn1. The van der Waals surface area contributed by atoms with Gasteiger partial charge in [0.15, 0.2) is 0 Å². The van der Waals surface area contributed by atoms with Crippen LogP contribution in [0.4, 0.5) is 0 Å². The Morgan fingerprint density at radius 1 is 1.47 bits per heavy atom. The number of hydrogen-bond donors (Lipinski definition) is 0. The van der Waals surface area contributed by atoms with E-state index in [2.05, 4.69) is 24.9 Å². The van der Waals surface area contributed by atoms with Crippen LogP contribution in [0.1, 0.15) is 38.2 Å². The van der Waals surface area contributed by atoms with Crippen molar-refractivity contribution in [2.24, 2.45) is 0 Å². The average molecular weight is 223 g/mol. The molecule has 1 saturated carbocycles. The molecular formula is C12H17NOS. The molecule has 1 aliphatic carbocycles. The molecule has 0 spiro atoms. The standard InChI is InChI=1S/C12H17NOS/c1-8(2)10-7-13-12(15-3)6-11(10)14-9-4-5-9/h6-9H,4-5H2,1-3H3. The summed E-state index contributed by atoms with van der Waals surface area (Å²) in [6.07, 6.45) is 6.86. The third-order valence-electron chi connectivity index (χ3n) is 2.52. The molecule has 0 unspecified atom stereocenters. The number of thioether (sulfide) groups is 1. The van der Waals surface area contributed by atoms with Crippen molar-refractivity contribution < 1.29 is 4.74 Å². The van der Waals surface area contributed by atoms with E-state index >= 15 is 0 Å². The molecule has 0 aromatic carbocycles. The third kappa shape index (κ3) is 2.65. The second-order valence-corrected chi connectivity index (χ2v) is 5.06. The number of pyridine rings is 1. The normalized spacial score (nSPS) is 15.7. The van der Waals surface area contributed by atoms with Crippen LogP contribution in [0.2, 0.25) is 0 Å². The molecule has 0 aliphatic heterocycles. The van der Waals surface area contributed by atoms with Gasteiger partial charge in [-0.1, -0.05) is 13.8 Å². The van der Waals surface area contributed by atoms with Gasteiger partial charge in [0.2, 0.25) is 0 Å². The largest absolute Gasteiger partial charge is 0.490 e. The molecule has 3 heteroatoms. The quantitative estimate of drug-likeness (QED) is 0.730. The lowest BCUT2D eigenvalue weighted by molar-refractivity contribution is 0.297. The van der Waals surface area contributed by atoms with Gasteiger partial charge in [-0.15, -0.1) is 11.8 Å². The van der Waals surface area contributed by atoms with Crippen LogP contribution in [-0.2, 0) is 0 Å². The molecule has 0 saturated heterocycles. The molecule has 0 bridgehead atoms. The van der Waals surface area contributed by atoms with Gasteiger partial charge in [-0.3, -0.25) is 0 Å². The van der Waals surface area contributed by atoms with Gasteiger partial charge in [-0.2, -0.15) is 0 Å². The van der Waals surface area contributed by atoms with Gasteiger partial charge in [0.05, 0.1) is 11.1 Å². The molecular weight excluding hydrogens is 206 g/mol.